The van der Waals surface area contributed by atoms with Crippen LogP contribution in [0.5, 0.6) is 0 Å². The summed E-state index contributed by atoms with van der Waals surface area (Å²) in [5.74, 6) is -0.690. The molecule has 0 radical (unpaired) electrons. The summed E-state index contributed by atoms with van der Waals surface area (Å²) in [6, 6.07) is 0. The Hall–Kier alpha value is -1.32. The summed E-state index contributed by atoms with van der Waals surface area (Å²) in [4.78, 5) is 21.5. The normalized spacial score (nSPS) is 25.6. The summed E-state index contributed by atoms with van der Waals surface area (Å²) in [7, 11) is 0. The Morgan fingerprint density at radius 2 is 1.36 bits per heavy atom. The Bertz CT molecular complexity index is 231. The van der Waals surface area contributed by atoms with Crippen LogP contribution < -0.4 is 0 Å². The first-order valence-corrected chi connectivity index (χ1v) is 4.59. The molecule has 0 spiro atoms. The Morgan fingerprint density at radius 1 is 1.00 bits per heavy atom. The average molecular weight is 198 g/mol. The molecule has 0 amide bonds. The first-order chi connectivity index (χ1) is 6.59. The molecule has 78 valence electrons. The van der Waals surface area contributed by atoms with E-state index in [4.69, 9.17) is 9.47 Å². The van der Waals surface area contributed by atoms with Crippen LogP contribution in [-0.4, -0.2) is 24.1 Å². The van der Waals surface area contributed by atoms with Crippen LogP contribution in [-0.2, 0) is 19.1 Å². The highest BCUT2D eigenvalue weighted by atomic mass is 16.6. The molecule has 1 rings (SSSR count). The number of ether oxygens (including phenoxy) is 2. The van der Waals surface area contributed by atoms with E-state index in [2.05, 4.69) is 0 Å². The van der Waals surface area contributed by atoms with Gasteiger partial charge in [0.05, 0.1) is 0 Å². The van der Waals surface area contributed by atoms with Crippen molar-refractivity contribution in [3.05, 3.63) is 12.2 Å². The lowest BCUT2D eigenvalue weighted by Gasteiger charge is -2.27. The summed E-state index contributed by atoms with van der Waals surface area (Å²) in [5, 5.41) is 0. The smallest absolute Gasteiger partial charge is 0.303 e. The van der Waals surface area contributed by atoms with E-state index in [0.29, 0.717) is 12.8 Å². The lowest BCUT2D eigenvalue weighted by Crippen LogP contribution is -2.35. The lowest BCUT2D eigenvalue weighted by molar-refractivity contribution is -0.165. The molecule has 1 aliphatic carbocycles. The van der Waals surface area contributed by atoms with Gasteiger partial charge in [-0.15, -0.1) is 0 Å². The standard InChI is InChI=1S/C10H14O4/c1-7(11)13-9-5-3-4-6-10(9)14-8(2)12/h3-4,9-10H,5-6H2,1-2H3/t9-,10-/m1/s1. The van der Waals surface area contributed by atoms with Gasteiger partial charge in [-0.2, -0.15) is 0 Å². The summed E-state index contributed by atoms with van der Waals surface area (Å²) < 4.78 is 10.1. The topological polar surface area (TPSA) is 52.6 Å². The van der Waals surface area contributed by atoms with Gasteiger partial charge in [-0.1, -0.05) is 12.2 Å². The largest absolute Gasteiger partial charge is 0.458 e. The van der Waals surface area contributed by atoms with Gasteiger partial charge in [0.25, 0.3) is 0 Å². The Balaban J connectivity index is 2.55. The summed E-state index contributed by atoms with van der Waals surface area (Å²) >= 11 is 0. The SMILES string of the molecule is CC(=O)O[C@@H]1CC=CC[C@H]1OC(C)=O. The Morgan fingerprint density at radius 3 is 1.64 bits per heavy atom. The van der Waals surface area contributed by atoms with Crippen LogP contribution >= 0.6 is 0 Å². The van der Waals surface area contributed by atoms with Crippen molar-refractivity contribution in [2.24, 2.45) is 0 Å². The second-order valence-electron chi connectivity index (χ2n) is 3.24. The first-order valence-electron chi connectivity index (χ1n) is 4.59. The summed E-state index contributed by atoms with van der Waals surface area (Å²) in [6.45, 7) is 2.70. The molecule has 2 atom stereocenters. The van der Waals surface area contributed by atoms with Gasteiger partial charge < -0.3 is 9.47 Å². The molecule has 4 heteroatoms. The molecule has 0 saturated carbocycles. The molecule has 0 aromatic heterocycles. The van der Waals surface area contributed by atoms with E-state index < -0.39 is 0 Å². The van der Waals surface area contributed by atoms with Gasteiger partial charge in [-0.3, -0.25) is 9.59 Å². The molecule has 0 saturated heterocycles. The third kappa shape index (κ3) is 3.20. The van der Waals surface area contributed by atoms with Gasteiger partial charge in [0.1, 0.15) is 12.2 Å². The third-order valence-electron chi connectivity index (χ3n) is 1.95. The molecule has 0 aliphatic heterocycles. The minimum atomic E-state index is -0.345. The zero-order valence-corrected chi connectivity index (χ0v) is 8.36. The van der Waals surface area contributed by atoms with Crippen molar-refractivity contribution < 1.29 is 19.1 Å². The Labute approximate surface area is 82.9 Å². The molecule has 0 bridgehead atoms. The summed E-state index contributed by atoms with van der Waals surface area (Å²) in [5.41, 5.74) is 0. The van der Waals surface area contributed by atoms with Gasteiger partial charge in [-0.05, 0) is 0 Å². The minimum absolute atomic E-state index is 0.332. The zero-order valence-electron chi connectivity index (χ0n) is 8.36. The molecule has 1 aliphatic rings. The number of hydrogen-bond donors (Lipinski definition) is 0. The van der Waals surface area contributed by atoms with E-state index in [1.54, 1.807) is 0 Å². The second-order valence-corrected chi connectivity index (χ2v) is 3.24. The molecule has 14 heavy (non-hydrogen) atoms. The zero-order chi connectivity index (χ0) is 10.6. The van der Waals surface area contributed by atoms with E-state index in [0.717, 1.165) is 0 Å². The average Bonchev–Trinajstić information content (AvgIpc) is 2.06. The van der Waals surface area contributed by atoms with Gasteiger partial charge in [0.2, 0.25) is 0 Å². The number of carbonyl (C=O) groups is 2. The molecular formula is C10H14O4. The van der Waals surface area contributed by atoms with Crippen LogP contribution in [0.4, 0.5) is 0 Å². The highest BCUT2D eigenvalue weighted by Gasteiger charge is 2.27. The van der Waals surface area contributed by atoms with Gasteiger partial charge in [0, 0.05) is 26.7 Å². The van der Waals surface area contributed by atoms with Crippen molar-refractivity contribution >= 4 is 11.9 Å². The second kappa shape index (κ2) is 4.79. The van der Waals surface area contributed by atoms with E-state index in [9.17, 15) is 9.59 Å². The van der Waals surface area contributed by atoms with Crippen molar-refractivity contribution in [2.75, 3.05) is 0 Å². The molecule has 0 unspecified atom stereocenters. The van der Waals surface area contributed by atoms with Crippen molar-refractivity contribution in [3.8, 4) is 0 Å². The quantitative estimate of drug-likeness (QED) is 0.494. The fourth-order valence-electron chi connectivity index (χ4n) is 1.44. The molecule has 0 fully saturated rings. The van der Waals surface area contributed by atoms with Gasteiger partial charge >= 0.3 is 11.9 Å². The Kier molecular flexibility index (Phi) is 3.68. The van der Waals surface area contributed by atoms with Crippen molar-refractivity contribution in [1.82, 2.24) is 0 Å². The fourth-order valence-corrected chi connectivity index (χ4v) is 1.44. The highest BCUT2D eigenvalue weighted by molar-refractivity contribution is 5.67. The minimum Gasteiger partial charge on any atom is -0.458 e. The number of hydrogen-bond acceptors (Lipinski definition) is 4. The number of rotatable bonds is 2. The summed E-state index contributed by atoms with van der Waals surface area (Å²) in [6.07, 6.45) is 4.40. The van der Waals surface area contributed by atoms with Gasteiger partial charge in [-0.25, -0.2) is 0 Å². The predicted octanol–water partition coefficient (Wildman–Crippen LogP) is 1.20. The maximum atomic E-state index is 10.8. The van der Waals surface area contributed by atoms with E-state index >= 15 is 0 Å². The van der Waals surface area contributed by atoms with Crippen LogP contribution in [0.1, 0.15) is 26.7 Å². The maximum absolute atomic E-state index is 10.8. The van der Waals surface area contributed by atoms with Crippen LogP contribution in [0.3, 0.4) is 0 Å². The van der Waals surface area contributed by atoms with Gasteiger partial charge in [0.15, 0.2) is 0 Å². The van der Waals surface area contributed by atoms with E-state index in [-0.39, 0.29) is 24.1 Å². The predicted molar refractivity (Wildman–Crippen MR) is 49.5 cm³/mol. The van der Waals surface area contributed by atoms with Crippen molar-refractivity contribution in [1.29, 1.82) is 0 Å². The molecule has 0 N–H and O–H groups in total. The van der Waals surface area contributed by atoms with Crippen LogP contribution in [0.2, 0.25) is 0 Å². The van der Waals surface area contributed by atoms with Crippen molar-refractivity contribution in [3.63, 3.8) is 0 Å². The third-order valence-corrected chi connectivity index (χ3v) is 1.95. The molecule has 0 heterocycles. The first kappa shape index (κ1) is 10.8. The molecule has 4 nitrogen and oxygen atoms in total. The van der Waals surface area contributed by atoms with Crippen LogP contribution in [0.15, 0.2) is 12.2 Å². The maximum Gasteiger partial charge on any atom is 0.303 e. The van der Waals surface area contributed by atoms with Crippen LogP contribution in [0.25, 0.3) is 0 Å². The van der Waals surface area contributed by atoms with E-state index in [1.165, 1.54) is 13.8 Å². The van der Waals surface area contributed by atoms with Crippen LogP contribution in [0, 0.1) is 0 Å². The fraction of sp³-hybridized carbons (Fsp3) is 0.600. The highest BCUT2D eigenvalue weighted by Crippen LogP contribution is 2.18. The van der Waals surface area contributed by atoms with E-state index in [1.807, 2.05) is 12.2 Å². The number of esters is 2. The molecule has 0 aromatic rings. The molecular weight excluding hydrogens is 184 g/mol. The number of carbonyl (C=O) groups excluding carboxylic acids is 2. The van der Waals surface area contributed by atoms with Crippen molar-refractivity contribution in [2.45, 2.75) is 38.9 Å². The molecule has 0 aromatic carbocycles. The lowest BCUT2D eigenvalue weighted by atomic mass is 10.0. The monoisotopic (exact) mass is 198 g/mol.